The molecule has 0 amide bonds. The lowest BCUT2D eigenvalue weighted by Gasteiger charge is -2.36. The third kappa shape index (κ3) is 6.57. The van der Waals surface area contributed by atoms with Crippen LogP contribution >= 0.6 is 0 Å². The maximum atomic E-state index is 13.2. The van der Waals surface area contributed by atoms with Gasteiger partial charge in [-0.3, -0.25) is 9.69 Å². The SMILES string of the molecule is O=C(CCc1cccc2ccccc12)c1cccc(OCC(O)CN2CCN(c3ccc(F)cc3)CC2)c1. The van der Waals surface area contributed by atoms with Gasteiger partial charge in [-0.15, -0.1) is 0 Å². The first-order valence-corrected chi connectivity index (χ1v) is 13.2. The van der Waals surface area contributed by atoms with Crippen molar-refractivity contribution in [3.8, 4) is 5.75 Å². The summed E-state index contributed by atoms with van der Waals surface area (Å²) in [6, 6.07) is 28.2. The highest BCUT2D eigenvalue weighted by Crippen LogP contribution is 2.22. The zero-order valence-corrected chi connectivity index (χ0v) is 21.4. The second-order valence-electron chi connectivity index (χ2n) is 9.82. The molecule has 1 saturated heterocycles. The van der Waals surface area contributed by atoms with Gasteiger partial charge in [-0.1, -0.05) is 54.6 Å². The normalized spacial score (nSPS) is 14.9. The summed E-state index contributed by atoms with van der Waals surface area (Å²) >= 11 is 0. The van der Waals surface area contributed by atoms with E-state index in [1.165, 1.54) is 28.5 Å². The van der Waals surface area contributed by atoms with E-state index in [2.05, 4.69) is 34.1 Å². The van der Waals surface area contributed by atoms with E-state index in [0.29, 0.717) is 30.7 Å². The third-order valence-corrected chi connectivity index (χ3v) is 7.13. The van der Waals surface area contributed by atoms with Crippen molar-refractivity contribution in [1.29, 1.82) is 0 Å². The minimum atomic E-state index is -0.641. The van der Waals surface area contributed by atoms with Crippen molar-refractivity contribution >= 4 is 22.2 Å². The molecule has 0 radical (unpaired) electrons. The van der Waals surface area contributed by atoms with Gasteiger partial charge >= 0.3 is 0 Å². The highest BCUT2D eigenvalue weighted by Gasteiger charge is 2.20. The largest absolute Gasteiger partial charge is 0.491 e. The lowest BCUT2D eigenvalue weighted by atomic mass is 9.98. The van der Waals surface area contributed by atoms with Crippen molar-refractivity contribution in [3.05, 3.63) is 108 Å². The number of rotatable bonds is 10. The molecule has 0 spiro atoms. The highest BCUT2D eigenvalue weighted by atomic mass is 19.1. The number of ketones is 1. The molecular weight excluding hydrogens is 479 g/mol. The Morgan fingerprint density at radius 2 is 1.63 bits per heavy atom. The molecule has 0 aliphatic carbocycles. The van der Waals surface area contributed by atoms with Crippen LogP contribution in [0, 0.1) is 5.82 Å². The Morgan fingerprint density at radius 3 is 2.45 bits per heavy atom. The summed E-state index contributed by atoms with van der Waals surface area (Å²) in [5.74, 6) is 0.426. The maximum absolute atomic E-state index is 13.2. The first-order valence-electron chi connectivity index (χ1n) is 13.2. The third-order valence-electron chi connectivity index (χ3n) is 7.13. The number of anilines is 1. The Bertz CT molecular complexity index is 1360. The highest BCUT2D eigenvalue weighted by molar-refractivity contribution is 5.97. The predicted molar refractivity (Wildman–Crippen MR) is 150 cm³/mol. The zero-order valence-electron chi connectivity index (χ0n) is 21.4. The molecule has 0 aromatic heterocycles. The molecular formula is C32H33FN2O3. The topological polar surface area (TPSA) is 53.0 Å². The van der Waals surface area contributed by atoms with Crippen LogP contribution in [0.5, 0.6) is 5.75 Å². The molecule has 1 unspecified atom stereocenters. The molecule has 1 aliphatic rings. The van der Waals surface area contributed by atoms with Crippen molar-refractivity contribution in [1.82, 2.24) is 4.90 Å². The van der Waals surface area contributed by atoms with Gasteiger partial charge in [0, 0.05) is 50.4 Å². The smallest absolute Gasteiger partial charge is 0.163 e. The summed E-state index contributed by atoms with van der Waals surface area (Å²) in [6.07, 6.45) is 0.459. The number of aryl methyl sites for hydroxylation is 1. The monoisotopic (exact) mass is 512 g/mol. The Hall–Kier alpha value is -3.74. The van der Waals surface area contributed by atoms with Gasteiger partial charge in [-0.05, 0) is 59.2 Å². The number of halogens is 1. The summed E-state index contributed by atoms with van der Waals surface area (Å²) in [6.45, 7) is 3.95. The second kappa shape index (κ2) is 12.2. The van der Waals surface area contributed by atoms with Crippen LogP contribution in [0.15, 0.2) is 91.0 Å². The van der Waals surface area contributed by atoms with E-state index in [1.807, 2.05) is 36.4 Å². The summed E-state index contributed by atoms with van der Waals surface area (Å²) in [7, 11) is 0. The van der Waals surface area contributed by atoms with E-state index < -0.39 is 6.10 Å². The van der Waals surface area contributed by atoms with Crippen molar-refractivity contribution < 1.29 is 19.0 Å². The van der Waals surface area contributed by atoms with Gasteiger partial charge < -0.3 is 14.7 Å². The number of carbonyl (C=O) groups excluding carboxylic acids is 1. The molecule has 0 bridgehead atoms. The Morgan fingerprint density at radius 1 is 0.895 bits per heavy atom. The number of Topliss-reactive ketones (excluding diaryl/α,β-unsaturated/α-hetero) is 1. The van der Waals surface area contributed by atoms with Crippen molar-refractivity contribution in [2.24, 2.45) is 0 Å². The number of hydrogen-bond donors (Lipinski definition) is 1. The minimum absolute atomic E-state index is 0.0722. The molecule has 1 aliphatic heterocycles. The molecule has 4 aromatic rings. The average Bonchev–Trinajstić information content (AvgIpc) is 2.96. The minimum Gasteiger partial charge on any atom is -0.491 e. The van der Waals surface area contributed by atoms with Gasteiger partial charge in [0.1, 0.15) is 24.3 Å². The van der Waals surface area contributed by atoms with E-state index in [9.17, 15) is 14.3 Å². The average molecular weight is 513 g/mol. The number of hydrogen-bond acceptors (Lipinski definition) is 5. The molecule has 6 heteroatoms. The van der Waals surface area contributed by atoms with Gasteiger partial charge in [0.05, 0.1) is 0 Å². The number of carbonyl (C=O) groups is 1. The lowest BCUT2D eigenvalue weighted by Crippen LogP contribution is -2.49. The van der Waals surface area contributed by atoms with Crippen LogP contribution in [-0.4, -0.2) is 61.2 Å². The summed E-state index contributed by atoms with van der Waals surface area (Å²) in [5.41, 5.74) is 2.81. The van der Waals surface area contributed by atoms with Gasteiger partial charge in [0.2, 0.25) is 0 Å². The number of piperazine rings is 1. The van der Waals surface area contributed by atoms with Gasteiger partial charge in [-0.2, -0.15) is 0 Å². The standard InChI is InChI=1S/C32H33FN2O3/c33-27-12-14-28(15-13-27)35-19-17-34(18-20-35)22-29(36)23-38-30-9-4-8-26(21-30)32(37)16-11-25-7-3-6-24-5-1-2-10-31(24)25/h1-10,12-15,21,29,36H,11,16-20,22-23H2. The molecule has 1 N–H and O–H groups in total. The number of aliphatic hydroxyl groups is 1. The fraction of sp³-hybridized carbons (Fsp3) is 0.281. The van der Waals surface area contributed by atoms with E-state index in [1.54, 1.807) is 18.2 Å². The van der Waals surface area contributed by atoms with E-state index >= 15 is 0 Å². The zero-order chi connectivity index (χ0) is 26.3. The van der Waals surface area contributed by atoms with E-state index in [4.69, 9.17) is 4.74 Å². The van der Waals surface area contributed by atoms with Crippen LogP contribution in [0.3, 0.4) is 0 Å². The molecule has 1 atom stereocenters. The summed E-state index contributed by atoms with van der Waals surface area (Å²) in [5, 5.41) is 12.9. The molecule has 5 rings (SSSR count). The van der Waals surface area contributed by atoms with Crippen LogP contribution in [-0.2, 0) is 6.42 Å². The van der Waals surface area contributed by atoms with Crippen molar-refractivity contribution in [2.45, 2.75) is 18.9 Å². The van der Waals surface area contributed by atoms with Crippen LogP contribution in [0.1, 0.15) is 22.3 Å². The van der Waals surface area contributed by atoms with Gasteiger partial charge in [0.25, 0.3) is 0 Å². The van der Waals surface area contributed by atoms with Crippen molar-refractivity contribution in [2.75, 3.05) is 44.2 Å². The summed E-state index contributed by atoms with van der Waals surface area (Å²) < 4.78 is 19.0. The first kappa shape index (κ1) is 25.9. The number of aliphatic hydroxyl groups excluding tert-OH is 1. The van der Waals surface area contributed by atoms with Crippen molar-refractivity contribution in [3.63, 3.8) is 0 Å². The Labute approximate surface area is 223 Å². The number of ether oxygens (including phenoxy) is 1. The summed E-state index contributed by atoms with van der Waals surface area (Å²) in [4.78, 5) is 17.4. The van der Waals surface area contributed by atoms with E-state index in [-0.39, 0.29) is 18.2 Å². The molecule has 196 valence electrons. The number of benzene rings is 4. The quantitative estimate of drug-likeness (QED) is 0.290. The number of β-amino-alcohol motifs (C(OH)–C–C–N with tert-alkyl or cyclic N) is 1. The van der Waals surface area contributed by atoms with Crippen LogP contribution in [0.4, 0.5) is 10.1 Å². The molecule has 5 nitrogen and oxygen atoms in total. The Kier molecular flexibility index (Phi) is 8.31. The lowest BCUT2D eigenvalue weighted by molar-refractivity contribution is 0.0663. The first-order chi connectivity index (χ1) is 18.5. The van der Waals surface area contributed by atoms with E-state index in [0.717, 1.165) is 31.9 Å². The van der Waals surface area contributed by atoms with Gasteiger partial charge in [0.15, 0.2) is 5.78 Å². The van der Waals surface area contributed by atoms with Gasteiger partial charge in [-0.25, -0.2) is 4.39 Å². The van der Waals surface area contributed by atoms with Crippen LogP contribution in [0.2, 0.25) is 0 Å². The van der Waals surface area contributed by atoms with Crippen LogP contribution < -0.4 is 9.64 Å². The molecule has 1 fully saturated rings. The van der Waals surface area contributed by atoms with Crippen LogP contribution in [0.25, 0.3) is 10.8 Å². The maximum Gasteiger partial charge on any atom is 0.163 e. The molecule has 0 saturated carbocycles. The fourth-order valence-electron chi connectivity index (χ4n) is 5.05. The second-order valence-corrected chi connectivity index (χ2v) is 9.82. The Balaban J connectivity index is 1.08. The number of fused-ring (bicyclic) bond motifs is 1. The molecule has 1 heterocycles. The fourth-order valence-corrected chi connectivity index (χ4v) is 5.05. The predicted octanol–water partition coefficient (Wildman–Crippen LogP) is 5.36. The molecule has 4 aromatic carbocycles. The molecule has 38 heavy (non-hydrogen) atoms. The number of nitrogens with zero attached hydrogens (tertiary/aromatic N) is 2.